The van der Waals surface area contributed by atoms with Crippen molar-refractivity contribution >= 4 is 18.9 Å². The number of aromatic amines is 1. The summed E-state index contributed by atoms with van der Waals surface area (Å²) in [6.07, 6.45) is 1.40. The number of nitrogens with zero attached hydrogens (tertiary/aromatic N) is 3. The van der Waals surface area contributed by atoms with E-state index in [9.17, 15) is 0 Å². The molecule has 4 nitrogen and oxygen atoms in total. The number of hydrogen-bond donors (Lipinski definition) is 1. The van der Waals surface area contributed by atoms with E-state index in [1.807, 2.05) is 6.92 Å². The predicted octanol–water partition coefficient (Wildman–Crippen LogP) is 2.38. The third-order valence-electron chi connectivity index (χ3n) is 1.83. The van der Waals surface area contributed by atoms with Gasteiger partial charge in [0.25, 0.3) is 0 Å². The summed E-state index contributed by atoms with van der Waals surface area (Å²) in [6.45, 7) is 11.6. The summed E-state index contributed by atoms with van der Waals surface area (Å²) in [4.78, 5) is 15.2. The Morgan fingerprint density at radius 1 is 1.43 bits per heavy atom. The second-order valence-electron chi connectivity index (χ2n) is 4.21. The molecular weight excluding hydrogens is 176 g/mol. The van der Waals surface area contributed by atoms with Crippen molar-refractivity contribution < 1.29 is 0 Å². The smallest absolute Gasteiger partial charge is 0.174 e. The van der Waals surface area contributed by atoms with Crippen LogP contribution in [0.5, 0.6) is 0 Å². The van der Waals surface area contributed by atoms with E-state index in [-0.39, 0.29) is 5.41 Å². The van der Waals surface area contributed by atoms with Gasteiger partial charge in [0.2, 0.25) is 0 Å². The molecular formula is C10H16N4. The van der Waals surface area contributed by atoms with Crippen molar-refractivity contribution in [2.45, 2.75) is 33.1 Å². The van der Waals surface area contributed by atoms with Crippen molar-refractivity contribution in [2.75, 3.05) is 0 Å². The summed E-state index contributed by atoms with van der Waals surface area (Å²) in [6, 6.07) is 0. The van der Waals surface area contributed by atoms with Crippen LogP contribution in [0.2, 0.25) is 0 Å². The molecule has 1 heterocycles. The fraction of sp³-hybridized carbons (Fsp3) is 0.500. The fourth-order valence-corrected chi connectivity index (χ4v) is 1.03. The zero-order valence-electron chi connectivity index (χ0n) is 9.13. The first kappa shape index (κ1) is 10.6. The van der Waals surface area contributed by atoms with Gasteiger partial charge in [0, 0.05) is 5.41 Å². The van der Waals surface area contributed by atoms with Gasteiger partial charge in [0.15, 0.2) is 5.82 Å². The van der Waals surface area contributed by atoms with E-state index in [1.54, 1.807) is 0 Å². The van der Waals surface area contributed by atoms with E-state index in [0.29, 0.717) is 5.82 Å². The van der Waals surface area contributed by atoms with Crippen LogP contribution in [-0.4, -0.2) is 23.0 Å². The first-order valence-electron chi connectivity index (χ1n) is 4.50. The van der Waals surface area contributed by atoms with Crippen LogP contribution in [0.3, 0.4) is 0 Å². The average Bonchev–Trinajstić information content (AvgIpc) is 2.43. The van der Waals surface area contributed by atoms with Crippen molar-refractivity contribution in [1.82, 2.24) is 9.97 Å². The van der Waals surface area contributed by atoms with Gasteiger partial charge in [0.05, 0.1) is 5.69 Å². The summed E-state index contributed by atoms with van der Waals surface area (Å²) in [5.74, 6) is 1.62. The number of aryl methyl sites for hydroxylation is 1. The molecule has 0 unspecified atom stereocenters. The molecule has 0 saturated carbocycles. The van der Waals surface area contributed by atoms with E-state index in [4.69, 9.17) is 0 Å². The van der Waals surface area contributed by atoms with Crippen LogP contribution in [0.15, 0.2) is 9.98 Å². The van der Waals surface area contributed by atoms with Crippen LogP contribution in [0.1, 0.15) is 32.3 Å². The molecule has 0 atom stereocenters. The molecule has 0 saturated heterocycles. The molecule has 0 radical (unpaired) electrons. The van der Waals surface area contributed by atoms with Gasteiger partial charge in [-0.3, -0.25) is 4.99 Å². The van der Waals surface area contributed by atoms with Crippen LogP contribution < -0.4 is 0 Å². The number of nitrogens with one attached hydrogen (secondary N) is 1. The fourth-order valence-electron chi connectivity index (χ4n) is 1.03. The van der Waals surface area contributed by atoms with Gasteiger partial charge in [-0.1, -0.05) is 20.8 Å². The lowest BCUT2D eigenvalue weighted by Gasteiger charge is -2.13. The second kappa shape index (κ2) is 3.74. The first-order valence-corrected chi connectivity index (χ1v) is 4.50. The summed E-state index contributed by atoms with van der Waals surface area (Å²) in [5, 5.41) is 0. The minimum atomic E-state index is 0.0140. The molecule has 76 valence electrons. The van der Waals surface area contributed by atoms with E-state index < -0.39 is 0 Å². The largest absolute Gasteiger partial charge is 0.344 e. The molecule has 1 aromatic rings. The Bertz CT molecular complexity index is 355. The molecule has 0 fully saturated rings. The van der Waals surface area contributed by atoms with Crippen molar-refractivity contribution in [2.24, 2.45) is 9.98 Å². The molecule has 0 amide bonds. The maximum atomic E-state index is 4.38. The van der Waals surface area contributed by atoms with Crippen molar-refractivity contribution in [1.29, 1.82) is 0 Å². The summed E-state index contributed by atoms with van der Waals surface area (Å²) in [5.41, 5.74) is 0.968. The Hall–Kier alpha value is -1.45. The molecule has 0 aliphatic heterocycles. The van der Waals surface area contributed by atoms with Crippen LogP contribution in [0.25, 0.3) is 0 Å². The van der Waals surface area contributed by atoms with Gasteiger partial charge in [-0.25, -0.2) is 9.98 Å². The number of rotatable bonds is 2. The Kier molecular flexibility index (Phi) is 2.84. The molecule has 1 N–H and O–H groups in total. The van der Waals surface area contributed by atoms with Crippen molar-refractivity contribution in [3.05, 3.63) is 11.5 Å². The van der Waals surface area contributed by atoms with Gasteiger partial charge in [0.1, 0.15) is 12.2 Å². The van der Waals surface area contributed by atoms with E-state index in [0.717, 1.165) is 11.5 Å². The van der Waals surface area contributed by atoms with Crippen molar-refractivity contribution in [3.8, 4) is 0 Å². The third-order valence-corrected chi connectivity index (χ3v) is 1.83. The van der Waals surface area contributed by atoms with Crippen LogP contribution in [0, 0.1) is 6.92 Å². The maximum absolute atomic E-state index is 4.38. The highest BCUT2D eigenvalue weighted by molar-refractivity contribution is 5.65. The van der Waals surface area contributed by atoms with Crippen molar-refractivity contribution in [3.63, 3.8) is 0 Å². The van der Waals surface area contributed by atoms with Gasteiger partial charge >= 0.3 is 0 Å². The highest BCUT2D eigenvalue weighted by Gasteiger charge is 2.18. The zero-order valence-corrected chi connectivity index (χ0v) is 9.13. The van der Waals surface area contributed by atoms with E-state index in [2.05, 4.69) is 47.4 Å². The topological polar surface area (TPSA) is 53.4 Å². The molecule has 0 aliphatic rings. The highest BCUT2D eigenvalue weighted by Crippen LogP contribution is 2.23. The lowest BCUT2D eigenvalue weighted by molar-refractivity contribution is 0.552. The summed E-state index contributed by atoms with van der Waals surface area (Å²) in [7, 11) is 0. The SMILES string of the molecule is C=NC=Nc1nc(C(C)(C)C)[nH]c1C. The van der Waals surface area contributed by atoms with Gasteiger partial charge in [-0.15, -0.1) is 0 Å². The van der Waals surface area contributed by atoms with Gasteiger partial charge in [-0.05, 0) is 13.6 Å². The first-order chi connectivity index (χ1) is 6.45. The molecule has 0 bridgehead atoms. The number of aromatic nitrogens is 2. The van der Waals surface area contributed by atoms with Crippen LogP contribution in [0.4, 0.5) is 5.82 Å². The minimum absolute atomic E-state index is 0.0140. The second-order valence-corrected chi connectivity index (χ2v) is 4.21. The monoisotopic (exact) mass is 192 g/mol. The average molecular weight is 192 g/mol. The molecule has 4 heteroatoms. The molecule has 1 aromatic heterocycles. The number of H-pyrrole nitrogens is 1. The Morgan fingerprint density at radius 2 is 2.07 bits per heavy atom. The number of hydrogen-bond acceptors (Lipinski definition) is 2. The maximum Gasteiger partial charge on any atom is 0.174 e. The Balaban J connectivity index is 3.05. The van der Waals surface area contributed by atoms with E-state index >= 15 is 0 Å². The van der Waals surface area contributed by atoms with Crippen LogP contribution in [-0.2, 0) is 5.41 Å². The Morgan fingerprint density at radius 3 is 2.50 bits per heavy atom. The molecule has 1 rings (SSSR count). The third kappa shape index (κ3) is 2.28. The predicted molar refractivity (Wildman–Crippen MR) is 59.7 cm³/mol. The number of imidazole rings is 1. The summed E-state index contributed by atoms with van der Waals surface area (Å²) < 4.78 is 0. The van der Waals surface area contributed by atoms with Gasteiger partial charge < -0.3 is 4.98 Å². The Labute approximate surface area is 84.2 Å². The highest BCUT2D eigenvalue weighted by atomic mass is 15.0. The zero-order chi connectivity index (χ0) is 10.8. The lowest BCUT2D eigenvalue weighted by atomic mass is 9.96. The lowest BCUT2D eigenvalue weighted by Crippen LogP contribution is -2.13. The molecule has 0 spiro atoms. The molecule has 0 aliphatic carbocycles. The van der Waals surface area contributed by atoms with Gasteiger partial charge in [-0.2, -0.15) is 0 Å². The minimum Gasteiger partial charge on any atom is -0.344 e. The quantitative estimate of drug-likeness (QED) is 0.567. The standard InChI is InChI=1S/C10H16N4/c1-7-8(12-6-11-5)14-9(13-7)10(2,3)4/h6H,5H2,1-4H3,(H,13,14). The van der Waals surface area contributed by atoms with Crippen LogP contribution >= 0.6 is 0 Å². The molecule has 14 heavy (non-hydrogen) atoms. The van der Waals surface area contributed by atoms with E-state index in [1.165, 1.54) is 6.34 Å². The number of aliphatic imine (C=N–C) groups is 2. The molecule has 0 aromatic carbocycles. The normalized spacial score (nSPS) is 12.3. The summed E-state index contributed by atoms with van der Waals surface area (Å²) >= 11 is 0.